The molecular formula is C18H30N4O. The van der Waals surface area contributed by atoms with Crippen LogP contribution >= 0.6 is 0 Å². The highest BCUT2D eigenvalue weighted by molar-refractivity contribution is 5.79. The van der Waals surface area contributed by atoms with Gasteiger partial charge in [0.05, 0.1) is 7.11 Å². The fourth-order valence-electron chi connectivity index (χ4n) is 3.35. The van der Waals surface area contributed by atoms with Crippen molar-refractivity contribution in [2.45, 2.75) is 46.1 Å². The number of guanidine groups is 1. The highest BCUT2D eigenvalue weighted by Gasteiger charge is 2.37. The maximum Gasteiger partial charge on any atom is 0.213 e. The maximum atomic E-state index is 5.15. The van der Waals surface area contributed by atoms with Gasteiger partial charge in [-0.15, -0.1) is 0 Å². The summed E-state index contributed by atoms with van der Waals surface area (Å²) in [6.45, 7) is 6.33. The minimum absolute atomic E-state index is 0.464. The molecule has 0 amide bonds. The van der Waals surface area contributed by atoms with Crippen LogP contribution in [0.2, 0.25) is 0 Å². The number of hydrogen-bond donors (Lipinski definition) is 2. The number of pyridine rings is 1. The van der Waals surface area contributed by atoms with E-state index in [1.165, 1.54) is 25.7 Å². The monoisotopic (exact) mass is 318 g/mol. The van der Waals surface area contributed by atoms with Gasteiger partial charge in [0.15, 0.2) is 5.96 Å². The van der Waals surface area contributed by atoms with E-state index in [1.54, 1.807) is 13.3 Å². The SMILES string of the molecule is CN=C(NCc1ccnc(OC)c1)NCC1(CC(C)C)CCC1. The average Bonchev–Trinajstić information content (AvgIpc) is 2.52. The third-order valence-electron chi connectivity index (χ3n) is 4.58. The zero-order chi connectivity index (χ0) is 16.7. The summed E-state index contributed by atoms with van der Waals surface area (Å²) in [5.41, 5.74) is 1.59. The molecule has 1 aromatic rings. The Kier molecular flexibility index (Phi) is 6.25. The Bertz CT molecular complexity index is 524. The Morgan fingerprint density at radius 2 is 2.17 bits per heavy atom. The Balaban J connectivity index is 1.83. The summed E-state index contributed by atoms with van der Waals surface area (Å²) in [6, 6.07) is 3.92. The van der Waals surface area contributed by atoms with E-state index in [2.05, 4.69) is 34.5 Å². The molecule has 128 valence electrons. The van der Waals surface area contributed by atoms with Crippen LogP contribution in [-0.4, -0.2) is 31.6 Å². The number of nitrogens with zero attached hydrogens (tertiary/aromatic N) is 2. The van der Waals surface area contributed by atoms with Gasteiger partial charge in [-0.1, -0.05) is 20.3 Å². The molecule has 1 saturated carbocycles. The topological polar surface area (TPSA) is 58.5 Å². The van der Waals surface area contributed by atoms with E-state index in [0.29, 0.717) is 17.8 Å². The molecule has 1 aromatic heterocycles. The second-order valence-corrected chi connectivity index (χ2v) is 6.94. The lowest BCUT2D eigenvalue weighted by Gasteiger charge is -2.43. The number of methoxy groups -OCH3 is 1. The molecule has 2 rings (SSSR count). The van der Waals surface area contributed by atoms with Crippen molar-refractivity contribution in [3.8, 4) is 5.88 Å². The lowest BCUT2D eigenvalue weighted by molar-refractivity contribution is 0.104. The van der Waals surface area contributed by atoms with Gasteiger partial charge in [0.2, 0.25) is 5.88 Å². The van der Waals surface area contributed by atoms with Crippen molar-refractivity contribution in [1.82, 2.24) is 15.6 Å². The van der Waals surface area contributed by atoms with Crippen LogP contribution in [-0.2, 0) is 6.54 Å². The molecular weight excluding hydrogens is 288 g/mol. The van der Waals surface area contributed by atoms with E-state index in [0.717, 1.165) is 24.0 Å². The van der Waals surface area contributed by atoms with Crippen LogP contribution in [0.5, 0.6) is 5.88 Å². The first-order valence-corrected chi connectivity index (χ1v) is 8.50. The smallest absolute Gasteiger partial charge is 0.213 e. The Morgan fingerprint density at radius 1 is 1.39 bits per heavy atom. The van der Waals surface area contributed by atoms with E-state index < -0.39 is 0 Å². The summed E-state index contributed by atoms with van der Waals surface area (Å²) < 4.78 is 5.15. The zero-order valence-electron chi connectivity index (χ0n) is 14.9. The molecule has 0 saturated heterocycles. The van der Waals surface area contributed by atoms with Crippen LogP contribution < -0.4 is 15.4 Å². The second-order valence-electron chi connectivity index (χ2n) is 6.94. The van der Waals surface area contributed by atoms with Crippen molar-refractivity contribution < 1.29 is 4.74 Å². The molecule has 0 atom stereocenters. The van der Waals surface area contributed by atoms with Crippen LogP contribution in [0.3, 0.4) is 0 Å². The van der Waals surface area contributed by atoms with Gasteiger partial charge in [-0.05, 0) is 42.2 Å². The molecule has 0 spiro atoms. The first kappa shape index (κ1) is 17.6. The van der Waals surface area contributed by atoms with Crippen LogP contribution in [0.1, 0.15) is 45.1 Å². The fourth-order valence-corrected chi connectivity index (χ4v) is 3.35. The van der Waals surface area contributed by atoms with Crippen molar-refractivity contribution in [2.75, 3.05) is 20.7 Å². The molecule has 23 heavy (non-hydrogen) atoms. The van der Waals surface area contributed by atoms with Crippen LogP contribution in [0.4, 0.5) is 0 Å². The lowest BCUT2D eigenvalue weighted by atomic mass is 9.64. The highest BCUT2D eigenvalue weighted by Crippen LogP contribution is 2.45. The largest absolute Gasteiger partial charge is 0.481 e. The fraction of sp³-hybridized carbons (Fsp3) is 0.667. The van der Waals surface area contributed by atoms with Crippen molar-refractivity contribution in [1.29, 1.82) is 0 Å². The van der Waals surface area contributed by atoms with Crippen molar-refractivity contribution in [3.63, 3.8) is 0 Å². The van der Waals surface area contributed by atoms with E-state index in [9.17, 15) is 0 Å². The van der Waals surface area contributed by atoms with Gasteiger partial charge in [-0.3, -0.25) is 4.99 Å². The summed E-state index contributed by atoms with van der Waals surface area (Å²) in [6.07, 6.45) is 7.07. The van der Waals surface area contributed by atoms with Gasteiger partial charge in [0.1, 0.15) is 0 Å². The van der Waals surface area contributed by atoms with Crippen LogP contribution in [0, 0.1) is 11.3 Å². The predicted molar refractivity (Wildman–Crippen MR) is 94.7 cm³/mol. The molecule has 0 aromatic carbocycles. The van der Waals surface area contributed by atoms with Gasteiger partial charge in [-0.25, -0.2) is 4.98 Å². The average molecular weight is 318 g/mol. The van der Waals surface area contributed by atoms with Crippen molar-refractivity contribution in [3.05, 3.63) is 23.9 Å². The normalized spacial score (nSPS) is 16.8. The molecule has 5 heteroatoms. The number of ether oxygens (including phenoxy) is 1. The molecule has 1 aliphatic carbocycles. The predicted octanol–water partition coefficient (Wildman–Crippen LogP) is 2.97. The standard InChI is InChI=1S/C18H30N4O/c1-14(2)11-18(7-5-8-18)13-22-17(19-3)21-12-15-6-9-20-16(10-15)23-4/h6,9-10,14H,5,7-8,11-13H2,1-4H3,(H2,19,21,22). The van der Waals surface area contributed by atoms with Gasteiger partial charge >= 0.3 is 0 Å². The lowest BCUT2D eigenvalue weighted by Crippen LogP contribution is -2.46. The summed E-state index contributed by atoms with van der Waals surface area (Å²) in [5.74, 6) is 2.24. The summed E-state index contributed by atoms with van der Waals surface area (Å²) in [7, 11) is 3.45. The number of aromatic nitrogens is 1. The van der Waals surface area contributed by atoms with E-state index in [4.69, 9.17) is 4.74 Å². The third-order valence-corrected chi connectivity index (χ3v) is 4.58. The zero-order valence-corrected chi connectivity index (χ0v) is 14.9. The van der Waals surface area contributed by atoms with Crippen molar-refractivity contribution >= 4 is 5.96 Å². The van der Waals surface area contributed by atoms with Gasteiger partial charge in [-0.2, -0.15) is 0 Å². The summed E-state index contributed by atoms with van der Waals surface area (Å²) in [5, 5.41) is 6.88. The van der Waals surface area contributed by atoms with Crippen LogP contribution in [0.25, 0.3) is 0 Å². The summed E-state index contributed by atoms with van der Waals surface area (Å²) >= 11 is 0. The highest BCUT2D eigenvalue weighted by atomic mass is 16.5. The molecule has 1 heterocycles. The van der Waals surface area contributed by atoms with Gasteiger partial charge in [0.25, 0.3) is 0 Å². The van der Waals surface area contributed by atoms with Crippen molar-refractivity contribution in [2.24, 2.45) is 16.3 Å². The molecule has 2 N–H and O–H groups in total. The molecule has 0 bridgehead atoms. The first-order valence-electron chi connectivity index (χ1n) is 8.50. The first-order chi connectivity index (χ1) is 11.1. The number of hydrogen-bond acceptors (Lipinski definition) is 3. The van der Waals surface area contributed by atoms with E-state index >= 15 is 0 Å². The number of nitrogens with one attached hydrogen (secondary N) is 2. The molecule has 1 fully saturated rings. The molecule has 5 nitrogen and oxygen atoms in total. The van der Waals surface area contributed by atoms with Crippen LogP contribution in [0.15, 0.2) is 23.3 Å². The van der Waals surface area contributed by atoms with E-state index in [1.807, 2.05) is 19.2 Å². The Hall–Kier alpha value is -1.78. The molecule has 0 radical (unpaired) electrons. The Morgan fingerprint density at radius 3 is 2.74 bits per heavy atom. The maximum absolute atomic E-state index is 5.15. The molecule has 0 aliphatic heterocycles. The Labute approximate surface area is 139 Å². The van der Waals surface area contributed by atoms with E-state index in [-0.39, 0.29) is 0 Å². The number of rotatable bonds is 7. The second kappa shape index (κ2) is 8.18. The molecule has 1 aliphatic rings. The number of aliphatic imine (C=N–C) groups is 1. The van der Waals surface area contributed by atoms with Gasteiger partial charge < -0.3 is 15.4 Å². The quantitative estimate of drug-likeness (QED) is 0.599. The minimum Gasteiger partial charge on any atom is -0.481 e. The summed E-state index contributed by atoms with van der Waals surface area (Å²) in [4.78, 5) is 8.46. The molecule has 0 unspecified atom stereocenters. The third kappa shape index (κ3) is 5.12. The van der Waals surface area contributed by atoms with Gasteiger partial charge in [0, 0.05) is 32.4 Å². The minimum atomic E-state index is 0.464.